The quantitative estimate of drug-likeness (QED) is 0.459. The molecule has 5 nitrogen and oxygen atoms in total. The molecular weight excluding hydrogens is 378 g/mol. The molecule has 1 atom stereocenters. The SMILES string of the molecule is CCOC(Cc1ccc(OCCn2c(C)ccc2-c2ccccc2)cc1)C(=O)OC. The number of hydrogen-bond acceptors (Lipinski definition) is 4. The van der Waals surface area contributed by atoms with Crippen LogP contribution in [0, 0.1) is 6.92 Å². The number of aryl methyl sites for hydroxylation is 1. The van der Waals surface area contributed by atoms with Gasteiger partial charge in [-0.15, -0.1) is 0 Å². The van der Waals surface area contributed by atoms with Crippen molar-refractivity contribution in [1.82, 2.24) is 4.57 Å². The first-order valence-electron chi connectivity index (χ1n) is 10.2. The lowest BCUT2D eigenvalue weighted by Crippen LogP contribution is -2.28. The molecule has 3 rings (SSSR count). The molecule has 0 N–H and O–H groups in total. The van der Waals surface area contributed by atoms with E-state index in [4.69, 9.17) is 14.2 Å². The van der Waals surface area contributed by atoms with Gasteiger partial charge in [0.15, 0.2) is 6.10 Å². The van der Waals surface area contributed by atoms with Crippen molar-refractivity contribution in [3.8, 4) is 17.0 Å². The normalized spacial score (nSPS) is 11.8. The number of carbonyl (C=O) groups excluding carboxylic acids is 1. The van der Waals surface area contributed by atoms with Crippen LogP contribution in [0.5, 0.6) is 5.75 Å². The Bertz CT molecular complexity index is 932. The maximum atomic E-state index is 11.8. The van der Waals surface area contributed by atoms with Crippen molar-refractivity contribution >= 4 is 5.97 Å². The lowest BCUT2D eigenvalue weighted by molar-refractivity contribution is -0.153. The van der Waals surface area contributed by atoms with E-state index in [2.05, 4.69) is 47.9 Å². The molecule has 0 bridgehead atoms. The summed E-state index contributed by atoms with van der Waals surface area (Å²) in [6.45, 7) is 5.77. The van der Waals surface area contributed by atoms with Crippen LogP contribution in [0.4, 0.5) is 0 Å². The molecule has 30 heavy (non-hydrogen) atoms. The van der Waals surface area contributed by atoms with Crippen LogP contribution in [0.3, 0.4) is 0 Å². The van der Waals surface area contributed by atoms with Crippen molar-refractivity contribution in [3.05, 3.63) is 78.0 Å². The van der Waals surface area contributed by atoms with Crippen LogP contribution in [-0.4, -0.2) is 37.0 Å². The Balaban J connectivity index is 1.58. The molecule has 0 aliphatic heterocycles. The second kappa shape index (κ2) is 10.6. The van der Waals surface area contributed by atoms with E-state index >= 15 is 0 Å². The summed E-state index contributed by atoms with van der Waals surface area (Å²) in [5, 5.41) is 0. The van der Waals surface area contributed by atoms with Gasteiger partial charge in [0.25, 0.3) is 0 Å². The third-order valence-corrected chi connectivity index (χ3v) is 5.03. The maximum absolute atomic E-state index is 11.8. The minimum atomic E-state index is -0.583. The number of aromatic nitrogens is 1. The number of hydrogen-bond donors (Lipinski definition) is 0. The third-order valence-electron chi connectivity index (χ3n) is 5.03. The Hall–Kier alpha value is -3.05. The van der Waals surface area contributed by atoms with Crippen LogP contribution in [0.1, 0.15) is 18.2 Å². The molecule has 0 saturated carbocycles. The van der Waals surface area contributed by atoms with Gasteiger partial charge in [-0.05, 0) is 49.2 Å². The van der Waals surface area contributed by atoms with Crippen LogP contribution in [0.2, 0.25) is 0 Å². The Kier molecular flexibility index (Phi) is 7.69. The van der Waals surface area contributed by atoms with Crippen molar-refractivity contribution in [2.75, 3.05) is 20.3 Å². The predicted molar refractivity (Wildman–Crippen MR) is 118 cm³/mol. The summed E-state index contributed by atoms with van der Waals surface area (Å²) >= 11 is 0. The van der Waals surface area contributed by atoms with Crippen molar-refractivity contribution in [3.63, 3.8) is 0 Å². The Morgan fingerprint density at radius 2 is 1.73 bits per heavy atom. The van der Waals surface area contributed by atoms with Gasteiger partial charge in [0.1, 0.15) is 12.4 Å². The molecule has 0 radical (unpaired) electrons. The van der Waals surface area contributed by atoms with Crippen LogP contribution in [-0.2, 0) is 27.2 Å². The Labute approximate surface area is 178 Å². The summed E-state index contributed by atoms with van der Waals surface area (Å²) in [6, 6.07) is 22.4. The van der Waals surface area contributed by atoms with Gasteiger partial charge in [0.05, 0.1) is 13.7 Å². The highest BCUT2D eigenvalue weighted by Crippen LogP contribution is 2.22. The second-order valence-corrected chi connectivity index (χ2v) is 7.04. The zero-order chi connectivity index (χ0) is 21.3. The number of esters is 1. The van der Waals surface area contributed by atoms with E-state index in [1.54, 1.807) is 0 Å². The molecule has 0 saturated heterocycles. The van der Waals surface area contributed by atoms with E-state index in [0.717, 1.165) is 17.9 Å². The molecule has 1 heterocycles. The fourth-order valence-corrected chi connectivity index (χ4v) is 3.46. The van der Waals surface area contributed by atoms with E-state index in [-0.39, 0.29) is 5.97 Å². The van der Waals surface area contributed by atoms with E-state index in [1.165, 1.54) is 24.1 Å². The van der Waals surface area contributed by atoms with Crippen molar-refractivity contribution in [2.24, 2.45) is 0 Å². The van der Waals surface area contributed by atoms with Gasteiger partial charge >= 0.3 is 5.97 Å². The first-order chi connectivity index (χ1) is 14.6. The van der Waals surface area contributed by atoms with Gasteiger partial charge in [-0.2, -0.15) is 0 Å². The monoisotopic (exact) mass is 407 g/mol. The molecule has 0 amide bonds. The van der Waals surface area contributed by atoms with E-state index in [9.17, 15) is 4.79 Å². The fourth-order valence-electron chi connectivity index (χ4n) is 3.46. The summed E-state index contributed by atoms with van der Waals surface area (Å²) < 4.78 is 18.5. The minimum Gasteiger partial charge on any atom is -0.492 e. The fraction of sp³-hybridized carbons (Fsp3) is 0.320. The number of benzene rings is 2. The van der Waals surface area contributed by atoms with Gasteiger partial charge in [-0.3, -0.25) is 0 Å². The zero-order valence-corrected chi connectivity index (χ0v) is 17.8. The molecule has 0 fully saturated rings. The van der Waals surface area contributed by atoms with Crippen molar-refractivity contribution in [1.29, 1.82) is 0 Å². The number of methoxy groups -OCH3 is 1. The average Bonchev–Trinajstić information content (AvgIpc) is 3.15. The van der Waals surface area contributed by atoms with E-state index in [1.807, 2.05) is 37.3 Å². The molecule has 0 aliphatic carbocycles. The molecular formula is C25H29NO4. The number of carbonyl (C=O) groups is 1. The standard InChI is InChI=1S/C25H29NO4/c1-4-29-24(25(27)28-3)18-20-11-13-22(14-12-20)30-17-16-26-19(2)10-15-23(26)21-8-6-5-7-9-21/h5-15,24H,4,16-18H2,1-3H3. The Morgan fingerprint density at radius 1 is 1.00 bits per heavy atom. The largest absolute Gasteiger partial charge is 0.492 e. The summed E-state index contributed by atoms with van der Waals surface area (Å²) in [5.74, 6) is 0.448. The molecule has 1 aromatic heterocycles. The highest BCUT2D eigenvalue weighted by Gasteiger charge is 2.19. The third kappa shape index (κ3) is 5.51. The van der Waals surface area contributed by atoms with Crippen LogP contribution in [0.15, 0.2) is 66.7 Å². The van der Waals surface area contributed by atoms with Gasteiger partial charge in [-0.25, -0.2) is 4.79 Å². The lowest BCUT2D eigenvalue weighted by atomic mass is 10.1. The molecule has 2 aromatic carbocycles. The summed E-state index contributed by atoms with van der Waals surface area (Å²) in [7, 11) is 1.38. The zero-order valence-electron chi connectivity index (χ0n) is 17.8. The highest BCUT2D eigenvalue weighted by atomic mass is 16.6. The molecule has 158 valence electrons. The van der Waals surface area contributed by atoms with Gasteiger partial charge in [0.2, 0.25) is 0 Å². The lowest BCUT2D eigenvalue weighted by Gasteiger charge is -2.15. The highest BCUT2D eigenvalue weighted by molar-refractivity contribution is 5.75. The van der Waals surface area contributed by atoms with E-state index < -0.39 is 6.10 Å². The van der Waals surface area contributed by atoms with Gasteiger partial charge < -0.3 is 18.8 Å². The summed E-state index contributed by atoms with van der Waals surface area (Å²) in [5.41, 5.74) is 4.60. The first-order valence-corrected chi connectivity index (χ1v) is 10.2. The Morgan fingerprint density at radius 3 is 2.40 bits per heavy atom. The summed E-state index contributed by atoms with van der Waals surface area (Å²) in [4.78, 5) is 11.8. The topological polar surface area (TPSA) is 49.7 Å². The predicted octanol–water partition coefficient (Wildman–Crippen LogP) is 4.66. The molecule has 1 unspecified atom stereocenters. The van der Waals surface area contributed by atoms with Crippen LogP contribution in [0.25, 0.3) is 11.3 Å². The van der Waals surface area contributed by atoms with Crippen LogP contribution < -0.4 is 4.74 Å². The number of nitrogens with zero attached hydrogens (tertiary/aromatic N) is 1. The van der Waals surface area contributed by atoms with Gasteiger partial charge in [-0.1, -0.05) is 42.5 Å². The molecule has 5 heteroatoms. The average molecular weight is 408 g/mol. The van der Waals surface area contributed by atoms with Gasteiger partial charge in [0, 0.05) is 24.4 Å². The molecule has 0 spiro atoms. The van der Waals surface area contributed by atoms with Crippen molar-refractivity contribution in [2.45, 2.75) is 32.9 Å². The van der Waals surface area contributed by atoms with Crippen molar-refractivity contribution < 1.29 is 19.0 Å². The minimum absolute atomic E-state index is 0.353. The number of ether oxygens (including phenoxy) is 3. The summed E-state index contributed by atoms with van der Waals surface area (Å²) in [6.07, 6.45) is -0.107. The molecule has 0 aliphatic rings. The second-order valence-electron chi connectivity index (χ2n) is 7.04. The van der Waals surface area contributed by atoms with E-state index in [0.29, 0.717) is 19.6 Å². The molecule has 3 aromatic rings. The van der Waals surface area contributed by atoms with Crippen LogP contribution >= 0.6 is 0 Å². The number of rotatable bonds is 10. The maximum Gasteiger partial charge on any atom is 0.335 e. The smallest absolute Gasteiger partial charge is 0.335 e. The first kappa shape index (κ1) is 21.7.